The van der Waals surface area contributed by atoms with Gasteiger partial charge in [0.15, 0.2) is 5.40 Å². The van der Waals surface area contributed by atoms with E-state index in [1.807, 2.05) is 0 Å². The van der Waals surface area contributed by atoms with Crippen LogP contribution in [0.25, 0.3) is 0 Å². The third-order valence-corrected chi connectivity index (χ3v) is 6.54. The fourth-order valence-corrected chi connectivity index (χ4v) is 4.11. The summed E-state index contributed by atoms with van der Waals surface area (Å²) in [6.45, 7) is -0.332. The highest BCUT2D eigenvalue weighted by Gasteiger charge is 2.42. The van der Waals surface area contributed by atoms with Gasteiger partial charge >= 0.3 is 21.3 Å². The predicted octanol–water partition coefficient (Wildman–Crippen LogP) is 0.984. The molecular weight excluding hydrogens is 336 g/mol. The van der Waals surface area contributed by atoms with Crippen LogP contribution in [-0.2, 0) is 20.5 Å². The molecule has 0 saturated carbocycles. The molecular formula is C11H17NO8P2. The Hall–Kier alpha value is -1.21. The van der Waals surface area contributed by atoms with Gasteiger partial charge in [0.05, 0.1) is 0 Å². The molecule has 22 heavy (non-hydrogen) atoms. The third kappa shape index (κ3) is 6.70. The van der Waals surface area contributed by atoms with Crippen LogP contribution >= 0.6 is 15.2 Å². The van der Waals surface area contributed by atoms with Gasteiger partial charge in [-0.3, -0.25) is 9.13 Å². The minimum Gasteiger partial charge on any atom is -0.445 e. The van der Waals surface area contributed by atoms with Gasteiger partial charge in [0.1, 0.15) is 6.61 Å². The van der Waals surface area contributed by atoms with E-state index in [0.29, 0.717) is 0 Å². The van der Waals surface area contributed by atoms with Gasteiger partial charge < -0.3 is 29.6 Å². The molecule has 1 aromatic carbocycles. The van der Waals surface area contributed by atoms with Crippen LogP contribution in [0.3, 0.4) is 0 Å². The fourth-order valence-electron chi connectivity index (χ4n) is 1.61. The van der Waals surface area contributed by atoms with Crippen LogP contribution in [0.15, 0.2) is 30.3 Å². The quantitative estimate of drug-likeness (QED) is 0.455. The first kappa shape index (κ1) is 18.8. The zero-order chi connectivity index (χ0) is 16.8. The summed E-state index contributed by atoms with van der Waals surface area (Å²) in [5, 5.41) is 0.0357. The zero-order valence-corrected chi connectivity index (χ0v) is 13.2. The molecule has 0 aliphatic rings. The van der Waals surface area contributed by atoms with Crippen molar-refractivity contribution in [1.82, 2.24) is 5.32 Å². The Balaban J connectivity index is 2.41. The van der Waals surface area contributed by atoms with Crippen molar-refractivity contribution in [3.05, 3.63) is 35.9 Å². The van der Waals surface area contributed by atoms with E-state index in [9.17, 15) is 13.9 Å². The summed E-state index contributed by atoms with van der Waals surface area (Å²) in [5.41, 5.74) is 0.751. The van der Waals surface area contributed by atoms with Gasteiger partial charge in [0.2, 0.25) is 0 Å². The summed E-state index contributed by atoms with van der Waals surface area (Å²) in [6.07, 6.45) is -1.42. The summed E-state index contributed by atoms with van der Waals surface area (Å²) < 4.78 is 26.9. The Morgan fingerprint density at radius 1 is 1.09 bits per heavy atom. The van der Waals surface area contributed by atoms with Crippen molar-refractivity contribution in [3.8, 4) is 0 Å². The first-order valence-electron chi connectivity index (χ1n) is 6.15. The largest absolute Gasteiger partial charge is 0.445 e. The number of hydrogen-bond acceptors (Lipinski definition) is 4. The van der Waals surface area contributed by atoms with Crippen LogP contribution in [0.2, 0.25) is 0 Å². The molecule has 0 heterocycles. The van der Waals surface area contributed by atoms with Gasteiger partial charge in [-0.25, -0.2) is 4.79 Å². The van der Waals surface area contributed by atoms with Gasteiger partial charge in [-0.1, -0.05) is 30.3 Å². The highest BCUT2D eigenvalue weighted by molar-refractivity contribution is 7.70. The molecule has 9 nitrogen and oxygen atoms in total. The maximum atomic E-state index is 11.4. The molecule has 0 radical (unpaired) electrons. The topological polar surface area (TPSA) is 153 Å². The molecule has 5 N–H and O–H groups in total. The number of amides is 1. The lowest BCUT2D eigenvalue weighted by molar-refractivity contribution is 0.139. The smallest absolute Gasteiger partial charge is 0.407 e. The normalized spacial score (nSPS) is 12.2. The molecule has 0 aromatic heterocycles. The molecule has 0 aliphatic carbocycles. The Morgan fingerprint density at radius 3 is 2.14 bits per heavy atom. The molecule has 0 bridgehead atoms. The van der Waals surface area contributed by atoms with Crippen molar-refractivity contribution >= 4 is 21.3 Å². The van der Waals surface area contributed by atoms with E-state index in [-0.39, 0.29) is 13.2 Å². The van der Waals surface area contributed by atoms with Gasteiger partial charge in [-0.15, -0.1) is 0 Å². The Morgan fingerprint density at radius 2 is 1.64 bits per heavy atom. The summed E-state index contributed by atoms with van der Waals surface area (Å²) >= 11 is 0. The SMILES string of the molecule is O=C(NCCC(P(=O)(O)O)P(=O)(O)O)OCc1ccccc1. The maximum absolute atomic E-state index is 11.4. The molecule has 0 atom stereocenters. The van der Waals surface area contributed by atoms with E-state index in [4.69, 9.17) is 24.3 Å². The summed E-state index contributed by atoms with van der Waals surface area (Å²) in [5.74, 6) is 0. The Labute approximate surface area is 126 Å². The zero-order valence-electron chi connectivity index (χ0n) is 11.4. The average molecular weight is 353 g/mol. The van der Waals surface area contributed by atoms with Gasteiger partial charge in [0.25, 0.3) is 0 Å². The van der Waals surface area contributed by atoms with Gasteiger partial charge in [-0.05, 0) is 12.0 Å². The third-order valence-electron chi connectivity index (χ3n) is 2.66. The maximum Gasteiger partial charge on any atom is 0.407 e. The first-order valence-corrected chi connectivity index (χ1v) is 9.52. The molecule has 0 saturated heterocycles. The van der Waals surface area contributed by atoms with Gasteiger partial charge in [-0.2, -0.15) is 0 Å². The summed E-state index contributed by atoms with van der Waals surface area (Å²) in [7, 11) is -9.95. The number of nitrogens with one attached hydrogen (secondary N) is 1. The minimum atomic E-state index is -4.98. The van der Waals surface area contributed by atoms with Crippen LogP contribution in [-0.4, -0.2) is 37.6 Å². The second-order valence-electron chi connectivity index (χ2n) is 4.44. The lowest BCUT2D eigenvalue weighted by Crippen LogP contribution is -2.27. The van der Waals surface area contributed by atoms with Crippen LogP contribution in [0, 0.1) is 0 Å². The average Bonchev–Trinajstić information content (AvgIpc) is 2.39. The summed E-state index contributed by atoms with van der Waals surface area (Å²) in [4.78, 5) is 47.0. The van der Waals surface area contributed by atoms with Crippen molar-refractivity contribution in [1.29, 1.82) is 0 Å². The van der Waals surface area contributed by atoms with E-state index in [0.717, 1.165) is 5.56 Å². The van der Waals surface area contributed by atoms with Crippen molar-refractivity contribution in [2.45, 2.75) is 18.4 Å². The van der Waals surface area contributed by atoms with E-state index >= 15 is 0 Å². The number of rotatable bonds is 7. The minimum absolute atomic E-state index is 0.00703. The van der Waals surface area contributed by atoms with Crippen LogP contribution in [0.5, 0.6) is 0 Å². The monoisotopic (exact) mass is 353 g/mol. The van der Waals surface area contributed by atoms with Crippen molar-refractivity contribution < 1.29 is 38.2 Å². The molecule has 11 heteroatoms. The van der Waals surface area contributed by atoms with Crippen molar-refractivity contribution in [3.63, 3.8) is 0 Å². The first-order chi connectivity index (χ1) is 10.1. The highest BCUT2D eigenvalue weighted by atomic mass is 31.2. The Bertz CT molecular complexity index is 559. The highest BCUT2D eigenvalue weighted by Crippen LogP contribution is 2.61. The number of carbonyl (C=O) groups is 1. The summed E-state index contributed by atoms with van der Waals surface area (Å²) in [6, 6.07) is 8.81. The lowest BCUT2D eigenvalue weighted by atomic mass is 10.2. The number of ether oxygens (including phenoxy) is 1. The van der Waals surface area contributed by atoms with E-state index in [2.05, 4.69) is 5.32 Å². The molecule has 1 aromatic rings. The van der Waals surface area contributed by atoms with Crippen molar-refractivity contribution in [2.75, 3.05) is 6.54 Å². The van der Waals surface area contributed by atoms with E-state index < -0.39 is 33.1 Å². The molecule has 0 unspecified atom stereocenters. The van der Waals surface area contributed by atoms with Crippen LogP contribution < -0.4 is 5.32 Å². The lowest BCUT2D eigenvalue weighted by Gasteiger charge is -2.19. The number of carbonyl (C=O) groups excluding carboxylic acids is 1. The second-order valence-corrected chi connectivity index (χ2v) is 8.45. The second kappa shape index (κ2) is 7.87. The number of alkyl carbamates (subject to hydrolysis) is 1. The predicted molar refractivity (Wildman–Crippen MR) is 77.1 cm³/mol. The molecule has 1 amide bonds. The molecule has 0 aliphatic heterocycles. The van der Waals surface area contributed by atoms with Crippen LogP contribution in [0.1, 0.15) is 12.0 Å². The van der Waals surface area contributed by atoms with E-state index in [1.165, 1.54) is 0 Å². The fraction of sp³-hybridized carbons (Fsp3) is 0.364. The van der Waals surface area contributed by atoms with Crippen LogP contribution in [0.4, 0.5) is 4.79 Å². The molecule has 0 fully saturated rings. The van der Waals surface area contributed by atoms with Gasteiger partial charge in [0, 0.05) is 6.54 Å². The van der Waals surface area contributed by atoms with E-state index in [1.54, 1.807) is 30.3 Å². The Kier molecular flexibility index (Phi) is 6.74. The number of benzene rings is 1. The number of hydrogen-bond donors (Lipinski definition) is 5. The van der Waals surface area contributed by atoms with Crippen molar-refractivity contribution in [2.24, 2.45) is 0 Å². The standard InChI is InChI=1S/C11H17NO8P2/c13-11(20-8-9-4-2-1-3-5-9)12-7-6-10(21(14,15)16)22(17,18)19/h1-5,10H,6-8H2,(H,12,13)(H2,14,15,16)(H2,17,18,19). The molecule has 124 valence electrons. The molecule has 0 spiro atoms. The molecule has 1 rings (SSSR count).